The van der Waals surface area contributed by atoms with E-state index in [-0.39, 0.29) is 18.4 Å². The second kappa shape index (κ2) is 7.82. The fraction of sp³-hybridized carbons (Fsp3) is 0.333. The molecule has 4 nitrogen and oxygen atoms in total. The van der Waals surface area contributed by atoms with Gasteiger partial charge in [-0.05, 0) is 42.8 Å². The van der Waals surface area contributed by atoms with E-state index in [0.717, 1.165) is 23.7 Å². The van der Waals surface area contributed by atoms with Crippen LogP contribution in [0.25, 0.3) is 0 Å². The zero-order valence-corrected chi connectivity index (χ0v) is 12.7. The molecule has 1 unspecified atom stereocenters. The third-order valence-corrected chi connectivity index (χ3v) is 3.01. The average molecular weight is 298 g/mol. The number of ether oxygens (including phenoxy) is 1. The summed E-state index contributed by atoms with van der Waals surface area (Å²) >= 11 is 0. The maximum absolute atomic E-state index is 5.81. The number of benzene rings is 1. The van der Waals surface area contributed by atoms with E-state index in [2.05, 4.69) is 6.92 Å². The highest BCUT2D eigenvalue weighted by Crippen LogP contribution is 2.25. The van der Waals surface area contributed by atoms with E-state index in [1.165, 1.54) is 0 Å². The molecule has 0 saturated carbocycles. The van der Waals surface area contributed by atoms with Crippen LogP contribution >= 0.6 is 12.4 Å². The Balaban J connectivity index is 0.00000200. The van der Waals surface area contributed by atoms with Crippen molar-refractivity contribution in [2.45, 2.75) is 19.4 Å². The lowest BCUT2D eigenvalue weighted by Crippen LogP contribution is -2.27. The number of hydrogen-bond acceptors (Lipinski definition) is 4. The van der Waals surface area contributed by atoms with Gasteiger partial charge < -0.3 is 14.0 Å². The van der Waals surface area contributed by atoms with E-state index in [1.54, 1.807) is 18.4 Å². The zero-order valence-electron chi connectivity index (χ0n) is 11.9. The largest absolute Gasteiger partial charge is 0.497 e. The van der Waals surface area contributed by atoms with Gasteiger partial charge in [0.05, 0.1) is 13.4 Å². The first kappa shape index (κ1) is 16.4. The molecule has 0 aliphatic carbocycles. The molecule has 1 atom stereocenters. The molecule has 5 heteroatoms. The third kappa shape index (κ3) is 3.92. The summed E-state index contributed by atoms with van der Waals surface area (Å²) in [5.74, 6) is 2.49. The molecule has 1 heterocycles. The van der Waals surface area contributed by atoms with Gasteiger partial charge in [0, 0.05) is 7.05 Å². The molecule has 0 bridgehead atoms. The number of hydroxylamine groups is 2. The van der Waals surface area contributed by atoms with Crippen LogP contribution < -0.4 is 9.57 Å². The standard InChI is InChI=1S/C15H19NO3.ClH/c1-4-14(15-6-5-11-18-15)16(2)19-13-9-7-12(17-3)8-10-13;/h5-11,14H,4H2,1-3H3;1H. The van der Waals surface area contributed by atoms with Gasteiger partial charge in [0.2, 0.25) is 0 Å². The molecule has 1 aromatic carbocycles. The molecule has 0 N–H and O–H groups in total. The molecule has 0 saturated heterocycles. The van der Waals surface area contributed by atoms with Crippen molar-refractivity contribution >= 4 is 12.4 Å². The van der Waals surface area contributed by atoms with Gasteiger partial charge in [0.1, 0.15) is 23.3 Å². The number of rotatable bonds is 6. The monoisotopic (exact) mass is 297 g/mol. The van der Waals surface area contributed by atoms with Gasteiger partial charge in [-0.25, -0.2) is 0 Å². The summed E-state index contributed by atoms with van der Waals surface area (Å²) in [6.07, 6.45) is 2.58. The summed E-state index contributed by atoms with van der Waals surface area (Å²) in [5, 5.41) is 1.81. The van der Waals surface area contributed by atoms with Crippen molar-refractivity contribution in [1.82, 2.24) is 5.06 Å². The summed E-state index contributed by atoms with van der Waals surface area (Å²) in [6.45, 7) is 2.10. The predicted molar refractivity (Wildman–Crippen MR) is 80.4 cm³/mol. The van der Waals surface area contributed by atoms with Gasteiger partial charge in [0.15, 0.2) is 0 Å². The number of furan rings is 1. The summed E-state index contributed by atoms with van der Waals surface area (Å²) in [5.41, 5.74) is 0. The normalized spacial score (nSPS) is 11.8. The van der Waals surface area contributed by atoms with Crippen LogP contribution in [0.4, 0.5) is 0 Å². The van der Waals surface area contributed by atoms with Crippen LogP contribution in [0.3, 0.4) is 0 Å². The Hall–Kier alpha value is -1.65. The number of halogens is 1. The van der Waals surface area contributed by atoms with Gasteiger partial charge in [-0.15, -0.1) is 17.5 Å². The van der Waals surface area contributed by atoms with Crippen molar-refractivity contribution in [3.05, 3.63) is 48.4 Å². The number of hydrogen-bond donors (Lipinski definition) is 0. The molecule has 0 aliphatic heterocycles. The number of methoxy groups -OCH3 is 1. The summed E-state index contributed by atoms with van der Waals surface area (Å²) in [7, 11) is 3.55. The third-order valence-electron chi connectivity index (χ3n) is 3.01. The van der Waals surface area contributed by atoms with Gasteiger partial charge in [-0.1, -0.05) is 6.92 Å². The second-order valence-corrected chi connectivity index (χ2v) is 4.25. The van der Waals surface area contributed by atoms with Gasteiger partial charge >= 0.3 is 0 Å². The van der Waals surface area contributed by atoms with E-state index in [4.69, 9.17) is 14.0 Å². The minimum atomic E-state index is 0. The second-order valence-electron chi connectivity index (χ2n) is 4.25. The molecular formula is C15H20ClNO3. The minimum absolute atomic E-state index is 0. The SMILES string of the molecule is CCC(c1ccco1)N(C)Oc1ccc(OC)cc1.Cl. The lowest BCUT2D eigenvalue weighted by molar-refractivity contribution is -0.0794. The molecule has 0 spiro atoms. The van der Waals surface area contributed by atoms with Crippen LogP contribution in [-0.4, -0.2) is 19.2 Å². The van der Waals surface area contributed by atoms with E-state index in [1.807, 2.05) is 43.4 Å². The quantitative estimate of drug-likeness (QED) is 0.752. The van der Waals surface area contributed by atoms with E-state index >= 15 is 0 Å². The molecule has 0 radical (unpaired) electrons. The van der Waals surface area contributed by atoms with E-state index in [0.29, 0.717) is 0 Å². The van der Waals surface area contributed by atoms with Crippen molar-refractivity contribution in [2.75, 3.05) is 14.2 Å². The topological polar surface area (TPSA) is 34.8 Å². The Morgan fingerprint density at radius 1 is 1.15 bits per heavy atom. The van der Waals surface area contributed by atoms with Crippen LogP contribution in [0, 0.1) is 0 Å². The Morgan fingerprint density at radius 2 is 1.80 bits per heavy atom. The Kier molecular flexibility index (Phi) is 6.42. The van der Waals surface area contributed by atoms with Crippen LogP contribution in [-0.2, 0) is 0 Å². The number of nitrogens with zero attached hydrogens (tertiary/aromatic N) is 1. The summed E-state index contributed by atoms with van der Waals surface area (Å²) in [4.78, 5) is 5.81. The first-order chi connectivity index (χ1) is 9.24. The minimum Gasteiger partial charge on any atom is -0.497 e. The highest BCUT2D eigenvalue weighted by atomic mass is 35.5. The van der Waals surface area contributed by atoms with Crippen LogP contribution in [0.2, 0.25) is 0 Å². The molecule has 1 aromatic heterocycles. The van der Waals surface area contributed by atoms with Crippen LogP contribution in [0.5, 0.6) is 11.5 Å². The van der Waals surface area contributed by atoms with Crippen molar-refractivity contribution in [1.29, 1.82) is 0 Å². The average Bonchev–Trinajstić information content (AvgIpc) is 2.94. The Labute approximate surface area is 125 Å². The molecule has 0 aliphatic rings. The fourth-order valence-corrected chi connectivity index (χ4v) is 1.98. The van der Waals surface area contributed by atoms with Crippen molar-refractivity contribution in [2.24, 2.45) is 0 Å². The zero-order chi connectivity index (χ0) is 13.7. The summed E-state index contributed by atoms with van der Waals surface area (Å²) in [6, 6.07) is 11.4. The molecule has 0 fully saturated rings. The molecular weight excluding hydrogens is 278 g/mol. The molecule has 2 rings (SSSR count). The summed E-state index contributed by atoms with van der Waals surface area (Å²) < 4.78 is 10.6. The van der Waals surface area contributed by atoms with Gasteiger partial charge in [-0.2, -0.15) is 0 Å². The maximum Gasteiger partial charge on any atom is 0.147 e. The van der Waals surface area contributed by atoms with E-state index < -0.39 is 0 Å². The van der Waals surface area contributed by atoms with Crippen molar-refractivity contribution in [3.8, 4) is 11.5 Å². The highest BCUT2D eigenvalue weighted by Gasteiger charge is 2.19. The van der Waals surface area contributed by atoms with Crippen LogP contribution in [0.1, 0.15) is 25.1 Å². The Morgan fingerprint density at radius 3 is 2.30 bits per heavy atom. The Bertz CT molecular complexity index is 484. The van der Waals surface area contributed by atoms with Gasteiger partial charge in [0.25, 0.3) is 0 Å². The molecule has 20 heavy (non-hydrogen) atoms. The fourth-order valence-electron chi connectivity index (χ4n) is 1.98. The molecule has 2 aromatic rings. The van der Waals surface area contributed by atoms with Crippen LogP contribution in [0.15, 0.2) is 47.1 Å². The smallest absolute Gasteiger partial charge is 0.147 e. The van der Waals surface area contributed by atoms with Crippen molar-refractivity contribution < 1.29 is 14.0 Å². The molecule has 110 valence electrons. The van der Waals surface area contributed by atoms with Gasteiger partial charge in [-0.3, -0.25) is 0 Å². The maximum atomic E-state index is 5.81. The molecule has 0 amide bonds. The first-order valence-corrected chi connectivity index (χ1v) is 6.33. The predicted octanol–water partition coefficient (Wildman–Crippen LogP) is 4.09. The first-order valence-electron chi connectivity index (χ1n) is 6.33. The lowest BCUT2D eigenvalue weighted by atomic mass is 10.2. The van der Waals surface area contributed by atoms with Crippen molar-refractivity contribution in [3.63, 3.8) is 0 Å². The lowest BCUT2D eigenvalue weighted by Gasteiger charge is -2.25. The highest BCUT2D eigenvalue weighted by molar-refractivity contribution is 5.85. The van der Waals surface area contributed by atoms with E-state index in [9.17, 15) is 0 Å².